The maximum absolute atomic E-state index is 11.4. The number of rotatable bonds is 7. The Bertz CT molecular complexity index is 362. The molecule has 6 heteroatoms. The van der Waals surface area contributed by atoms with Crippen molar-refractivity contribution in [3.63, 3.8) is 0 Å². The molecule has 1 atom stereocenters. The monoisotopic (exact) mass is 239 g/mol. The van der Waals surface area contributed by atoms with E-state index >= 15 is 0 Å². The topological polar surface area (TPSA) is 84.2 Å². The first kappa shape index (κ1) is 13.2. The SMILES string of the molecule is CCC(CNC(=O)CCn1ccnc1)C(=O)O. The summed E-state index contributed by atoms with van der Waals surface area (Å²) in [5.41, 5.74) is 0. The third kappa shape index (κ3) is 4.67. The van der Waals surface area contributed by atoms with E-state index in [2.05, 4.69) is 10.3 Å². The summed E-state index contributed by atoms with van der Waals surface area (Å²) in [4.78, 5) is 26.0. The number of aliphatic carboxylic acids is 1. The van der Waals surface area contributed by atoms with Gasteiger partial charge in [-0.2, -0.15) is 0 Å². The molecule has 0 fully saturated rings. The van der Waals surface area contributed by atoms with Crippen LogP contribution in [-0.4, -0.2) is 33.1 Å². The summed E-state index contributed by atoms with van der Waals surface area (Å²) in [5, 5.41) is 11.4. The Morgan fingerprint density at radius 1 is 1.53 bits per heavy atom. The minimum absolute atomic E-state index is 0.140. The Labute approximate surface area is 99.7 Å². The van der Waals surface area contributed by atoms with Crippen LogP contribution in [-0.2, 0) is 16.1 Å². The Hall–Kier alpha value is -1.85. The van der Waals surface area contributed by atoms with Crippen LogP contribution in [0.2, 0.25) is 0 Å². The third-order valence-corrected chi connectivity index (χ3v) is 2.54. The minimum Gasteiger partial charge on any atom is -0.481 e. The van der Waals surface area contributed by atoms with Crippen LogP contribution >= 0.6 is 0 Å². The summed E-state index contributed by atoms with van der Waals surface area (Å²) in [7, 11) is 0. The van der Waals surface area contributed by atoms with Crippen molar-refractivity contribution < 1.29 is 14.7 Å². The number of carboxylic acid groups (broad SMARTS) is 1. The van der Waals surface area contributed by atoms with E-state index in [1.54, 1.807) is 30.2 Å². The fraction of sp³-hybridized carbons (Fsp3) is 0.545. The van der Waals surface area contributed by atoms with Crippen molar-refractivity contribution in [2.75, 3.05) is 6.54 Å². The van der Waals surface area contributed by atoms with Crippen molar-refractivity contribution in [3.05, 3.63) is 18.7 Å². The van der Waals surface area contributed by atoms with Crippen molar-refractivity contribution in [1.29, 1.82) is 0 Å². The first-order valence-corrected chi connectivity index (χ1v) is 5.58. The Morgan fingerprint density at radius 2 is 2.29 bits per heavy atom. The van der Waals surface area contributed by atoms with E-state index in [1.165, 1.54) is 0 Å². The lowest BCUT2D eigenvalue weighted by atomic mass is 10.1. The lowest BCUT2D eigenvalue weighted by Gasteiger charge is -2.11. The number of carbonyl (C=O) groups is 2. The maximum atomic E-state index is 11.4. The average molecular weight is 239 g/mol. The van der Waals surface area contributed by atoms with Crippen molar-refractivity contribution in [3.8, 4) is 0 Å². The molecule has 1 amide bonds. The van der Waals surface area contributed by atoms with Gasteiger partial charge in [-0.15, -0.1) is 0 Å². The van der Waals surface area contributed by atoms with E-state index in [1.807, 2.05) is 0 Å². The van der Waals surface area contributed by atoms with Crippen molar-refractivity contribution in [1.82, 2.24) is 14.9 Å². The van der Waals surface area contributed by atoms with Gasteiger partial charge in [0.15, 0.2) is 0 Å². The maximum Gasteiger partial charge on any atom is 0.308 e. The van der Waals surface area contributed by atoms with Crippen LogP contribution in [0.25, 0.3) is 0 Å². The molecule has 0 aliphatic rings. The zero-order valence-electron chi connectivity index (χ0n) is 9.80. The zero-order chi connectivity index (χ0) is 12.7. The van der Waals surface area contributed by atoms with Gasteiger partial charge in [-0.25, -0.2) is 4.98 Å². The predicted octanol–water partition coefficient (Wildman–Crippen LogP) is 0.500. The third-order valence-electron chi connectivity index (χ3n) is 2.54. The molecule has 1 aromatic heterocycles. The molecule has 0 aromatic carbocycles. The van der Waals surface area contributed by atoms with Crippen molar-refractivity contribution >= 4 is 11.9 Å². The number of nitrogens with zero attached hydrogens (tertiary/aromatic N) is 2. The van der Waals surface area contributed by atoms with Gasteiger partial charge in [0.2, 0.25) is 5.91 Å². The molecule has 1 aromatic rings. The standard InChI is InChI=1S/C11H17N3O3/c1-2-9(11(16)17)7-13-10(15)3-5-14-6-4-12-8-14/h4,6,8-9H,2-3,5,7H2,1H3,(H,13,15)(H,16,17). The molecule has 0 saturated heterocycles. The summed E-state index contributed by atoms with van der Waals surface area (Å²) in [6.45, 7) is 2.53. The highest BCUT2D eigenvalue weighted by molar-refractivity contribution is 5.77. The first-order valence-electron chi connectivity index (χ1n) is 5.58. The molecule has 17 heavy (non-hydrogen) atoms. The van der Waals surface area contributed by atoms with Crippen LogP contribution in [0.15, 0.2) is 18.7 Å². The van der Waals surface area contributed by atoms with Gasteiger partial charge in [0.25, 0.3) is 0 Å². The minimum atomic E-state index is -0.873. The number of nitrogens with one attached hydrogen (secondary N) is 1. The second-order valence-electron chi connectivity index (χ2n) is 3.80. The van der Waals surface area contributed by atoms with Crippen molar-refractivity contribution in [2.45, 2.75) is 26.3 Å². The van der Waals surface area contributed by atoms with Crippen LogP contribution in [0.4, 0.5) is 0 Å². The van der Waals surface area contributed by atoms with E-state index in [4.69, 9.17) is 5.11 Å². The number of aromatic nitrogens is 2. The number of amides is 1. The summed E-state index contributed by atoms with van der Waals surface area (Å²) in [5.74, 6) is -1.52. The molecule has 0 aliphatic heterocycles. The highest BCUT2D eigenvalue weighted by atomic mass is 16.4. The van der Waals surface area contributed by atoms with E-state index in [9.17, 15) is 9.59 Å². The molecule has 0 saturated carbocycles. The molecule has 2 N–H and O–H groups in total. The highest BCUT2D eigenvalue weighted by Gasteiger charge is 2.15. The number of aryl methyl sites for hydroxylation is 1. The molecule has 1 unspecified atom stereocenters. The summed E-state index contributed by atoms with van der Waals surface area (Å²) < 4.78 is 1.80. The molecule has 0 aliphatic carbocycles. The fourth-order valence-electron chi connectivity index (χ4n) is 1.38. The molecule has 0 radical (unpaired) electrons. The quantitative estimate of drug-likeness (QED) is 0.725. The van der Waals surface area contributed by atoms with Crippen LogP contribution in [0.1, 0.15) is 19.8 Å². The van der Waals surface area contributed by atoms with Gasteiger partial charge in [-0.1, -0.05) is 6.92 Å². The number of carbonyl (C=O) groups excluding carboxylic acids is 1. The van der Waals surface area contributed by atoms with Gasteiger partial charge in [0.05, 0.1) is 12.2 Å². The molecule has 6 nitrogen and oxygen atoms in total. The van der Waals surface area contributed by atoms with E-state index in [0.29, 0.717) is 19.4 Å². The summed E-state index contributed by atoms with van der Waals surface area (Å²) >= 11 is 0. The molecule has 94 valence electrons. The Kier molecular flexibility index (Phi) is 5.19. The lowest BCUT2D eigenvalue weighted by Crippen LogP contribution is -2.33. The number of imidazole rings is 1. The highest BCUT2D eigenvalue weighted by Crippen LogP contribution is 2.00. The van der Waals surface area contributed by atoms with Crippen LogP contribution < -0.4 is 5.32 Å². The molecule has 0 bridgehead atoms. The number of hydrogen-bond acceptors (Lipinski definition) is 3. The predicted molar refractivity (Wildman–Crippen MR) is 61.3 cm³/mol. The van der Waals surface area contributed by atoms with Gasteiger partial charge < -0.3 is 15.0 Å². The van der Waals surface area contributed by atoms with E-state index in [-0.39, 0.29) is 12.5 Å². The molecular weight excluding hydrogens is 222 g/mol. The van der Waals surface area contributed by atoms with Gasteiger partial charge in [0.1, 0.15) is 0 Å². The summed E-state index contributed by atoms with van der Waals surface area (Å²) in [6.07, 6.45) is 5.90. The second-order valence-corrected chi connectivity index (χ2v) is 3.80. The largest absolute Gasteiger partial charge is 0.481 e. The smallest absolute Gasteiger partial charge is 0.308 e. The van der Waals surface area contributed by atoms with Gasteiger partial charge >= 0.3 is 5.97 Å². The molecule has 1 rings (SSSR count). The summed E-state index contributed by atoms with van der Waals surface area (Å²) in [6, 6.07) is 0. The molecule has 0 spiro atoms. The fourth-order valence-corrected chi connectivity index (χ4v) is 1.38. The van der Waals surface area contributed by atoms with Gasteiger partial charge in [-0.05, 0) is 6.42 Å². The molecular formula is C11H17N3O3. The van der Waals surface area contributed by atoms with Crippen LogP contribution in [0.3, 0.4) is 0 Å². The lowest BCUT2D eigenvalue weighted by molar-refractivity contribution is -0.141. The van der Waals surface area contributed by atoms with Crippen molar-refractivity contribution in [2.24, 2.45) is 5.92 Å². The Morgan fingerprint density at radius 3 is 2.82 bits per heavy atom. The van der Waals surface area contributed by atoms with Crippen LogP contribution in [0, 0.1) is 5.92 Å². The number of hydrogen-bond donors (Lipinski definition) is 2. The zero-order valence-corrected chi connectivity index (χ0v) is 9.80. The first-order chi connectivity index (χ1) is 8.13. The normalized spacial score (nSPS) is 12.1. The number of carboxylic acids is 1. The van der Waals surface area contributed by atoms with E-state index < -0.39 is 11.9 Å². The average Bonchev–Trinajstić information content (AvgIpc) is 2.79. The van der Waals surface area contributed by atoms with Gasteiger partial charge in [-0.3, -0.25) is 9.59 Å². The van der Waals surface area contributed by atoms with Crippen LogP contribution in [0.5, 0.6) is 0 Å². The second kappa shape index (κ2) is 6.67. The Balaban J connectivity index is 2.23. The van der Waals surface area contributed by atoms with E-state index in [0.717, 1.165) is 0 Å². The molecule has 1 heterocycles. The van der Waals surface area contributed by atoms with Gasteiger partial charge in [0, 0.05) is 31.9 Å².